The highest BCUT2D eigenvalue weighted by Gasteiger charge is 2.51. The van der Waals surface area contributed by atoms with Crippen LogP contribution in [-0.2, 0) is 9.53 Å². The number of allylic oxidation sites excluding steroid dienone is 1. The average Bonchev–Trinajstić information content (AvgIpc) is 3.00. The zero-order valence-corrected chi connectivity index (χ0v) is 13.3. The smallest absolute Gasteiger partial charge is 0.354 e. The standard InChI is InChI=1S/C20H17NO3/c1-2-21-17-10-6-7-11-18(17)24-20(19(21)22)13-12-16(23-20)14-15-8-4-3-5-9-15/h3-14H,2H2,1H3/b16-14+. The number of para-hydroxylation sites is 2. The SMILES string of the molecule is CCN1C(=O)C2(C=C/C(=C\c3ccccc3)O2)Oc2ccccc21. The van der Waals surface area contributed by atoms with Crippen LogP contribution in [0.3, 0.4) is 0 Å². The predicted molar refractivity (Wildman–Crippen MR) is 92.5 cm³/mol. The number of rotatable bonds is 2. The minimum atomic E-state index is -1.41. The summed E-state index contributed by atoms with van der Waals surface area (Å²) in [6.07, 6.45) is 5.36. The zero-order valence-electron chi connectivity index (χ0n) is 13.3. The van der Waals surface area contributed by atoms with Gasteiger partial charge in [0.2, 0.25) is 0 Å². The second-order valence-corrected chi connectivity index (χ2v) is 5.68. The molecule has 0 N–H and O–H groups in total. The number of carbonyl (C=O) groups is 1. The Bertz CT molecular complexity index is 841. The number of hydrogen-bond donors (Lipinski definition) is 0. The fourth-order valence-corrected chi connectivity index (χ4v) is 2.98. The lowest BCUT2D eigenvalue weighted by Crippen LogP contribution is -2.55. The van der Waals surface area contributed by atoms with Crippen molar-refractivity contribution in [2.24, 2.45) is 0 Å². The van der Waals surface area contributed by atoms with Gasteiger partial charge in [-0.2, -0.15) is 0 Å². The number of hydrogen-bond acceptors (Lipinski definition) is 3. The Kier molecular flexibility index (Phi) is 3.38. The van der Waals surface area contributed by atoms with E-state index in [9.17, 15) is 4.79 Å². The summed E-state index contributed by atoms with van der Waals surface area (Å²) in [5, 5.41) is 0. The van der Waals surface area contributed by atoms with Gasteiger partial charge in [0, 0.05) is 12.6 Å². The maximum Gasteiger partial charge on any atom is 0.354 e. The van der Waals surface area contributed by atoms with Crippen molar-refractivity contribution in [1.29, 1.82) is 0 Å². The largest absolute Gasteiger partial charge is 0.441 e. The van der Waals surface area contributed by atoms with Crippen LogP contribution in [0.1, 0.15) is 12.5 Å². The normalized spacial score (nSPS) is 23.3. The van der Waals surface area contributed by atoms with E-state index in [4.69, 9.17) is 9.47 Å². The highest BCUT2D eigenvalue weighted by Crippen LogP contribution is 2.41. The summed E-state index contributed by atoms with van der Waals surface area (Å²) in [4.78, 5) is 14.6. The van der Waals surface area contributed by atoms with Gasteiger partial charge in [-0.05, 0) is 36.8 Å². The number of nitrogens with zero attached hydrogens (tertiary/aromatic N) is 1. The van der Waals surface area contributed by atoms with E-state index in [1.807, 2.05) is 67.6 Å². The molecule has 2 heterocycles. The number of anilines is 1. The molecule has 2 aliphatic heterocycles. The molecule has 2 aromatic carbocycles. The zero-order chi connectivity index (χ0) is 16.6. The molecule has 2 aromatic rings. The van der Waals surface area contributed by atoms with E-state index < -0.39 is 5.79 Å². The number of ether oxygens (including phenoxy) is 2. The lowest BCUT2D eigenvalue weighted by atomic mass is 10.1. The molecule has 0 fully saturated rings. The topological polar surface area (TPSA) is 38.8 Å². The van der Waals surface area contributed by atoms with Crippen LogP contribution in [0.4, 0.5) is 5.69 Å². The minimum Gasteiger partial charge on any atom is -0.441 e. The second kappa shape index (κ2) is 5.57. The number of carbonyl (C=O) groups excluding carboxylic acids is 1. The second-order valence-electron chi connectivity index (χ2n) is 5.68. The van der Waals surface area contributed by atoms with E-state index in [-0.39, 0.29) is 5.91 Å². The van der Waals surface area contributed by atoms with Gasteiger partial charge in [0.15, 0.2) is 0 Å². The molecule has 24 heavy (non-hydrogen) atoms. The van der Waals surface area contributed by atoms with Crippen molar-refractivity contribution in [3.05, 3.63) is 78.1 Å². The van der Waals surface area contributed by atoms with E-state index >= 15 is 0 Å². The summed E-state index contributed by atoms with van der Waals surface area (Å²) < 4.78 is 11.9. The molecule has 1 atom stereocenters. The molecular formula is C20H17NO3. The van der Waals surface area contributed by atoms with Gasteiger partial charge < -0.3 is 14.4 Å². The van der Waals surface area contributed by atoms with Crippen LogP contribution in [0.25, 0.3) is 6.08 Å². The molecule has 2 aliphatic rings. The summed E-state index contributed by atoms with van der Waals surface area (Å²) in [7, 11) is 0. The molecule has 0 bridgehead atoms. The van der Waals surface area contributed by atoms with Crippen molar-refractivity contribution in [3.8, 4) is 5.75 Å². The Labute approximate surface area is 140 Å². The van der Waals surface area contributed by atoms with E-state index in [2.05, 4.69) is 0 Å². The number of benzene rings is 2. The van der Waals surface area contributed by atoms with Crippen LogP contribution in [0.2, 0.25) is 0 Å². The number of fused-ring (bicyclic) bond motifs is 1. The van der Waals surface area contributed by atoms with Gasteiger partial charge in [0.25, 0.3) is 0 Å². The summed E-state index contributed by atoms with van der Waals surface area (Å²) in [6, 6.07) is 17.3. The van der Waals surface area contributed by atoms with Gasteiger partial charge >= 0.3 is 11.7 Å². The number of likely N-dealkylation sites (N-methyl/N-ethyl adjacent to an activating group) is 1. The maximum atomic E-state index is 12.9. The molecule has 0 saturated heterocycles. The van der Waals surface area contributed by atoms with Crippen molar-refractivity contribution in [2.45, 2.75) is 12.7 Å². The van der Waals surface area contributed by atoms with E-state index in [1.54, 1.807) is 17.1 Å². The average molecular weight is 319 g/mol. The molecule has 1 amide bonds. The predicted octanol–water partition coefficient (Wildman–Crippen LogP) is 3.76. The van der Waals surface area contributed by atoms with Gasteiger partial charge in [-0.15, -0.1) is 0 Å². The molecular weight excluding hydrogens is 302 g/mol. The Morgan fingerprint density at radius 1 is 1.04 bits per heavy atom. The van der Waals surface area contributed by atoms with Crippen molar-refractivity contribution < 1.29 is 14.3 Å². The van der Waals surface area contributed by atoms with Crippen LogP contribution < -0.4 is 9.64 Å². The fourth-order valence-electron chi connectivity index (χ4n) is 2.98. The van der Waals surface area contributed by atoms with Gasteiger partial charge in [-0.25, -0.2) is 0 Å². The third-order valence-corrected chi connectivity index (χ3v) is 4.12. The quantitative estimate of drug-likeness (QED) is 0.846. The lowest BCUT2D eigenvalue weighted by Gasteiger charge is -2.38. The first-order valence-electron chi connectivity index (χ1n) is 7.97. The molecule has 120 valence electrons. The molecule has 4 heteroatoms. The molecule has 1 spiro atoms. The molecule has 4 nitrogen and oxygen atoms in total. The van der Waals surface area contributed by atoms with Crippen molar-refractivity contribution in [2.75, 3.05) is 11.4 Å². The van der Waals surface area contributed by atoms with Crippen molar-refractivity contribution in [3.63, 3.8) is 0 Å². The Morgan fingerprint density at radius 3 is 2.58 bits per heavy atom. The fraction of sp³-hybridized carbons (Fsp3) is 0.150. The van der Waals surface area contributed by atoms with Crippen LogP contribution in [0, 0.1) is 0 Å². The molecule has 4 rings (SSSR count). The van der Waals surface area contributed by atoms with Gasteiger partial charge in [0.05, 0.1) is 5.69 Å². The third-order valence-electron chi connectivity index (χ3n) is 4.12. The van der Waals surface area contributed by atoms with Crippen LogP contribution in [0.15, 0.2) is 72.5 Å². The van der Waals surface area contributed by atoms with Gasteiger partial charge in [-0.1, -0.05) is 42.5 Å². The lowest BCUT2D eigenvalue weighted by molar-refractivity contribution is -0.161. The van der Waals surface area contributed by atoms with Crippen LogP contribution in [-0.4, -0.2) is 18.2 Å². The molecule has 0 aliphatic carbocycles. The first-order valence-corrected chi connectivity index (χ1v) is 7.97. The highest BCUT2D eigenvalue weighted by atomic mass is 16.7. The number of amides is 1. The summed E-state index contributed by atoms with van der Waals surface area (Å²) >= 11 is 0. The monoisotopic (exact) mass is 319 g/mol. The van der Waals surface area contributed by atoms with E-state index in [0.717, 1.165) is 11.3 Å². The van der Waals surface area contributed by atoms with Crippen molar-refractivity contribution >= 4 is 17.7 Å². The first kappa shape index (κ1) is 14.6. The Morgan fingerprint density at radius 2 is 1.79 bits per heavy atom. The molecule has 0 saturated carbocycles. The van der Waals surface area contributed by atoms with Crippen LogP contribution in [0.5, 0.6) is 5.75 Å². The van der Waals surface area contributed by atoms with E-state index in [0.29, 0.717) is 18.1 Å². The Balaban J connectivity index is 1.69. The van der Waals surface area contributed by atoms with Gasteiger partial charge in [-0.3, -0.25) is 4.79 Å². The summed E-state index contributed by atoms with van der Waals surface area (Å²) in [6.45, 7) is 2.49. The molecule has 0 radical (unpaired) electrons. The van der Waals surface area contributed by atoms with Crippen LogP contribution >= 0.6 is 0 Å². The van der Waals surface area contributed by atoms with Crippen molar-refractivity contribution in [1.82, 2.24) is 0 Å². The third kappa shape index (κ3) is 2.27. The minimum absolute atomic E-state index is 0.212. The molecule has 0 aromatic heterocycles. The van der Waals surface area contributed by atoms with E-state index in [1.165, 1.54) is 0 Å². The van der Waals surface area contributed by atoms with Gasteiger partial charge in [0.1, 0.15) is 11.5 Å². The maximum absolute atomic E-state index is 12.9. The highest BCUT2D eigenvalue weighted by molar-refractivity contribution is 6.03. The Hall–Kier alpha value is -3.01. The summed E-state index contributed by atoms with van der Waals surface area (Å²) in [5.74, 6) is -0.378. The summed E-state index contributed by atoms with van der Waals surface area (Å²) in [5.41, 5.74) is 1.78. The first-order chi connectivity index (χ1) is 11.7. The molecule has 1 unspecified atom stereocenters.